The van der Waals surface area contributed by atoms with Gasteiger partial charge in [-0.15, -0.1) is 11.3 Å². The van der Waals surface area contributed by atoms with E-state index in [4.69, 9.17) is 0 Å². The number of nitrogens with zero attached hydrogens (tertiary/aromatic N) is 1. The van der Waals surface area contributed by atoms with Crippen molar-refractivity contribution in [3.63, 3.8) is 0 Å². The summed E-state index contributed by atoms with van der Waals surface area (Å²) in [5.74, 6) is -1.86. The van der Waals surface area contributed by atoms with Gasteiger partial charge in [0, 0.05) is 5.57 Å². The number of alkyl halides is 3. The molecule has 0 atom stereocenters. The summed E-state index contributed by atoms with van der Waals surface area (Å²) in [6.45, 7) is 0. The first kappa shape index (κ1) is 16.4. The average Bonchev–Trinajstić information content (AvgIpc) is 3.17. The van der Waals surface area contributed by atoms with Crippen molar-refractivity contribution in [2.45, 2.75) is 12.6 Å². The number of methoxy groups -OCH3 is 1. The van der Waals surface area contributed by atoms with Crippen LogP contribution in [-0.2, 0) is 17.3 Å². The molecular weight excluding hydrogens is 343 g/mol. The summed E-state index contributed by atoms with van der Waals surface area (Å²) in [6, 6.07) is 7.13. The average molecular weight is 353 g/mol. The lowest BCUT2D eigenvalue weighted by molar-refractivity contribution is -0.135. The SMILES string of the molecule is COC(=O)c1nc(C(=O)C2=CCc3ccccc32)sc1C(F)(F)F. The molecule has 1 heterocycles. The molecule has 0 amide bonds. The Morgan fingerprint density at radius 1 is 1.25 bits per heavy atom. The minimum atomic E-state index is -4.79. The molecule has 4 nitrogen and oxygen atoms in total. The zero-order chi connectivity index (χ0) is 17.5. The number of hydrogen-bond donors (Lipinski definition) is 0. The number of halogens is 3. The summed E-state index contributed by atoms with van der Waals surface area (Å²) < 4.78 is 43.6. The fourth-order valence-electron chi connectivity index (χ4n) is 2.46. The molecule has 124 valence electrons. The zero-order valence-electron chi connectivity index (χ0n) is 12.3. The molecule has 0 radical (unpaired) electrons. The lowest BCUT2D eigenvalue weighted by atomic mass is 10.0. The van der Waals surface area contributed by atoms with Crippen LogP contribution in [0.5, 0.6) is 0 Å². The Morgan fingerprint density at radius 3 is 2.62 bits per heavy atom. The van der Waals surface area contributed by atoms with Gasteiger partial charge in [0.25, 0.3) is 0 Å². The monoisotopic (exact) mass is 353 g/mol. The lowest BCUT2D eigenvalue weighted by Crippen LogP contribution is -2.12. The van der Waals surface area contributed by atoms with E-state index in [1.54, 1.807) is 18.2 Å². The summed E-state index contributed by atoms with van der Waals surface area (Å²) >= 11 is 0.152. The van der Waals surface area contributed by atoms with Crippen molar-refractivity contribution in [3.8, 4) is 0 Å². The lowest BCUT2D eigenvalue weighted by Gasteiger charge is -2.03. The van der Waals surface area contributed by atoms with Gasteiger partial charge in [-0.2, -0.15) is 13.2 Å². The number of ether oxygens (including phenoxy) is 1. The highest BCUT2D eigenvalue weighted by Crippen LogP contribution is 2.38. The second kappa shape index (κ2) is 5.86. The van der Waals surface area contributed by atoms with Gasteiger partial charge < -0.3 is 4.74 Å². The van der Waals surface area contributed by atoms with Crippen LogP contribution < -0.4 is 0 Å². The third kappa shape index (κ3) is 2.73. The highest BCUT2D eigenvalue weighted by Gasteiger charge is 2.41. The van der Waals surface area contributed by atoms with E-state index in [-0.39, 0.29) is 16.3 Å². The van der Waals surface area contributed by atoms with Gasteiger partial charge >= 0.3 is 12.1 Å². The summed E-state index contributed by atoms with van der Waals surface area (Å²) in [6.07, 6.45) is -2.61. The zero-order valence-corrected chi connectivity index (χ0v) is 13.1. The van der Waals surface area contributed by atoms with Gasteiger partial charge in [-0.25, -0.2) is 9.78 Å². The molecule has 0 N–H and O–H groups in total. The highest BCUT2D eigenvalue weighted by atomic mass is 32.1. The number of Topliss-reactive ketones (excluding diaryl/α,β-unsaturated/α-hetero) is 1. The van der Waals surface area contributed by atoms with Crippen LogP contribution in [-0.4, -0.2) is 23.8 Å². The maximum absolute atomic E-state index is 13.1. The summed E-state index contributed by atoms with van der Waals surface area (Å²) in [5, 5.41) is -0.384. The van der Waals surface area contributed by atoms with Gasteiger partial charge in [-0.05, 0) is 17.5 Å². The van der Waals surface area contributed by atoms with Crippen LogP contribution in [0.2, 0.25) is 0 Å². The van der Waals surface area contributed by atoms with Crippen LogP contribution in [0.1, 0.15) is 36.3 Å². The summed E-state index contributed by atoms with van der Waals surface area (Å²) in [4.78, 5) is 26.5. The van der Waals surface area contributed by atoms with Gasteiger partial charge in [-0.1, -0.05) is 30.3 Å². The second-order valence-electron chi connectivity index (χ2n) is 4.99. The molecule has 0 bridgehead atoms. The molecule has 0 unspecified atom stereocenters. The first-order chi connectivity index (χ1) is 11.3. The fraction of sp³-hybridized carbons (Fsp3) is 0.188. The number of rotatable bonds is 3. The molecule has 0 fully saturated rings. The Morgan fingerprint density at radius 2 is 1.96 bits per heavy atom. The summed E-state index contributed by atoms with van der Waals surface area (Å²) in [5.41, 5.74) is 1.00. The molecule has 1 aliphatic rings. The molecule has 1 aromatic heterocycles. The second-order valence-corrected chi connectivity index (χ2v) is 5.99. The normalized spacial score (nSPS) is 13.4. The highest BCUT2D eigenvalue weighted by molar-refractivity contribution is 7.14. The van der Waals surface area contributed by atoms with Gasteiger partial charge in [0.05, 0.1) is 7.11 Å². The number of hydrogen-bond acceptors (Lipinski definition) is 5. The molecule has 0 saturated heterocycles. The Hall–Kier alpha value is -2.48. The largest absolute Gasteiger partial charge is 0.464 e. The number of thiazole rings is 1. The van der Waals surface area contributed by atoms with Gasteiger partial charge in [0.1, 0.15) is 4.88 Å². The topological polar surface area (TPSA) is 56.3 Å². The molecule has 1 aliphatic carbocycles. The van der Waals surface area contributed by atoms with E-state index in [9.17, 15) is 22.8 Å². The van der Waals surface area contributed by atoms with Crippen LogP contribution in [0, 0.1) is 0 Å². The first-order valence-corrected chi connectivity index (χ1v) is 7.64. The number of aromatic nitrogens is 1. The fourth-order valence-corrected chi connectivity index (χ4v) is 3.33. The molecule has 24 heavy (non-hydrogen) atoms. The maximum atomic E-state index is 13.1. The molecule has 1 aromatic carbocycles. The third-order valence-corrected chi connectivity index (χ3v) is 4.63. The molecule has 8 heteroatoms. The van der Waals surface area contributed by atoms with Crippen molar-refractivity contribution in [1.29, 1.82) is 0 Å². The predicted octanol–water partition coefficient (Wildman–Crippen LogP) is 3.77. The Balaban J connectivity index is 2.03. The molecule has 0 aliphatic heterocycles. The number of carbonyl (C=O) groups excluding carboxylic acids is 2. The van der Waals surface area contributed by atoms with Crippen molar-refractivity contribution in [3.05, 3.63) is 57.0 Å². The van der Waals surface area contributed by atoms with Crippen LogP contribution in [0.3, 0.4) is 0 Å². The number of allylic oxidation sites excluding steroid dienone is 2. The third-order valence-electron chi connectivity index (χ3n) is 3.54. The van der Waals surface area contributed by atoms with E-state index < -0.39 is 28.5 Å². The van der Waals surface area contributed by atoms with Crippen LogP contribution >= 0.6 is 11.3 Å². The van der Waals surface area contributed by atoms with Crippen molar-refractivity contribution < 1.29 is 27.5 Å². The first-order valence-electron chi connectivity index (χ1n) is 6.82. The number of fused-ring (bicyclic) bond motifs is 1. The minimum absolute atomic E-state index is 0.152. The smallest absolute Gasteiger partial charge is 0.428 e. The van der Waals surface area contributed by atoms with Gasteiger partial charge in [-0.3, -0.25) is 4.79 Å². The van der Waals surface area contributed by atoms with Crippen molar-refractivity contribution in [2.75, 3.05) is 7.11 Å². The molecule has 3 rings (SSSR count). The van der Waals surface area contributed by atoms with E-state index in [0.717, 1.165) is 12.7 Å². The maximum Gasteiger partial charge on any atom is 0.428 e. The number of benzene rings is 1. The Bertz CT molecular complexity index is 868. The number of esters is 1. The van der Waals surface area contributed by atoms with Crippen LogP contribution in [0.4, 0.5) is 13.2 Å². The Labute approximate surface area is 138 Å². The predicted molar refractivity (Wildman–Crippen MR) is 80.9 cm³/mol. The summed E-state index contributed by atoms with van der Waals surface area (Å²) in [7, 11) is 0.957. The van der Waals surface area contributed by atoms with E-state index in [0.29, 0.717) is 17.6 Å². The molecular formula is C16H10F3NO3S. The van der Waals surface area contributed by atoms with Gasteiger partial charge in [0.15, 0.2) is 10.7 Å². The Kier molecular flexibility index (Phi) is 4.00. The van der Waals surface area contributed by atoms with Crippen LogP contribution in [0.15, 0.2) is 30.3 Å². The van der Waals surface area contributed by atoms with Gasteiger partial charge in [0.2, 0.25) is 5.78 Å². The standard InChI is InChI=1S/C16H10F3NO3S/c1-23-15(22)11-13(16(17,18)19)24-14(20-11)12(21)10-7-6-8-4-2-3-5-9(8)10/h2-5,7H,6H2,1H3. The van der Waals surface area contributed by atoms with E-state index >= 15 is 0 Å². The molecule has 0 spiro atoms. The van der Waals surface area contributed by atoms with Crippen molar-refractivity contribution in [1.82, 2.24) is 4.98 Å². The molecule has 2 aromatic rings. The minimum Gasteiger partial charge on any atom is -0.464 e. The molecule has 0 saturated carbocycles. The quantitative estimate of drug-likeness (QED) is 0.623. The van der Waals surface area contributed by atoms with E-state index in [2.05, 4.69) is 9.72 Å². The van der Waals surface area contributed by atoms with E-state index in [1.807, 2.05) is 12.1 Å². The van der Waals surface area contributed by atoms with Crippen LogP contribution in [0.25, 0.3) is 5.57 Å². The van der Waals surface area contributed by atoms with Crippen molar-refractivity contribution >= 4 is 28.7 Å². The number of ketones is 1. The van der Waals surface area contributed by atoms with E-state index in [1.165, 1.54) is 0 Å². The number of carbonyl (C=O) groups is 2. The van der Waals surface area contributed by atoms with Crippen molar-refractivity contribution in [2.24, 2.45) is 0 Å².